The van der Waals surface area contributed by atoms with Crippen LogP contribution < -0.4 is 4.74 Å². The average Bonchev–Trinajstić information content (AvgIpc) is 2.85. The Kier molecular flexibility index (Phi) is 2.91. The van der Waals surface area contributed by atoms with E-state index in [0.29, 0.717) is 5.75 Å². The van der Waals surface area contributed by atoms with Crippen LogP contribution in [-0.2, 0) is 0 Å². The zero-order chi connectivity index (χ0) is 13.2. The first-order chi connectivity index (χ1) is 9.22. The maximum absolute atomic E-state index is 12.8. The van der Waals surface area contributed by atoms with E-state index in [2.05, 4.69) is 9.97 Å². The number of nitrogens with one attached hydrogen (secondary N) is 1. The number of ether oxygens (including phenoxy) is 1. The van der Waals surface area contributed by atoms with Gasteiger partial charge in [0.15, 0.2) is 6.10 Å². The van der Waals surface area contributed by atoms with Crippen LogP contribution in [0.1, 0.15) is 18.9 Å². The standard InChI is InChI=1S/C15H13FN2O/c1-10(19-12-8-6-11(16)7-9-12)15-17-13-4-2-3-5-14(13)18-15/h2-10H,1H3,(H,17,18)/t10-/m1/s1. The second-order valence-corrected chi connectivity index (χ2v) is 4.35. The van der Waals surface area contributed by atoms with Gasteiger partial charge in [0.25, 0.3) is 0 Å². The number of hydrogen-bond donors (Lipinski definition) is 1. The summed E-state index contributed by atoms with van der Waals surface area (Å²) >= 11 is 0. The van der Waals surface area contributed by atoms with Crippen molar-refractivity contribution in [1.82, 2.24) is 9.97 Å². The Hall–Kier alpha value is -2.36. The van der Waals surface area contributed by atoms with Crippen LogP contribution in [0.5, 0.6) is 5.75 Å². The molecule has 0 unspecified atom stereocenters. The molecule has 0 spiro atoms. The Morgan fingerprint density at radius 3 is 2.58 bits per heavy atom. The predicted octanol–water partition coefficient (Wildman–Crippen LogP) is 3.84. The number of halogens is 1. The maximum atomic E-state index is 12.8. The third-order valence-corrected chi connectivity index (χ3v) is 2.92. The number of H-pyrrole nitrogens is 1. The second-order valence-electron chi connectivity index (χ2n) is 4.35. The lowest BCUT2D eigenvalue weighted by atomic mass is 10.3. The van der Waals surface area contributed by atoms with Gasteiger partial charge in [0.2, 0.25) is 0 Å². The molecule has 0 bridgehead atoms. The zero-order valence-electron chi connectivity index (χ0n) is 10.4. The van der Waals surface area contributed by atoms with E-state index in [4.69, 9.17) is 4.74 Å². The summed E-state index contributed by atoms with van der Waals surface area (Å²) in [6.07, 6.45) is -0.224. The quantitative estimate of drug-likeness (QED) is 0.773. The third kappa shape index (κ3) is 2.42. The van der Waals surface area contributed by atoms with Gasteiger partial charge in [0.1, 0.15) is 17.4 Å². The average molecular weight is 256 g/mol. The van der Waals surface area contributed by atoms with Crippen LogP contribution in [0.15, 0.2) is 48.5 Å². The van der Waals surface area contributed by atoms with Crippen LogP contribution in [0.4, 0.5) is 4.39 Å². The van der Waals surface area contributed by atoms with Gasteiger partial charge in [-0.3, -0.25) is 0 Å². The molecule has 1 N–H and O–H groups in total. The Morgan fingerprint density at radius 2 is 1.84 bits per heavy atom. The number of para-hydroxylation sites is 2. The smallest absolute Gasteiger partial charge is 0.153 e. The van der Waals surface area contributed by atoms with Crippen molar-refractivity contribution in [1.29, 1.82) is 0 Å². The van der Waals surface area contributed by atoms with Gasteiger partial charge in [0.05, 0.1) is 11.0 Å². The summed E-state index contributed by atoms with van der Waals surface area (Å²) in [6, 6.07) is 13.8. The SMILES string of the molecule is C[C@@H](Oc1ccc(F)cc1)c1nc2ccccc2[nH]1. The van der Waals surface area contributed by atoms with Crippen LogP contribution in [0, 0.1) is 5.82 Å². The van der Waals surface area contributed by atoms with Crippen molar-refractivity contribution in [2.45, 2.75) is 13.0 Å². The van der Waals surface area contributed by atoms with E-state index >= 15 is 0 Å². The molecule has 3 rings (SSSR count). The van der Waals surface area contributed by atoms with Gasteiger partial charge >= 0.3 is 0 Å². The minimum absolute atomic E-state index is 0.224. The van der Waals surface area contributed by atoms with Crippen molar-refractivity contribution in [2.24, 2.45) is 0 Å². The number of aromatic amines is 1. The van der Waals surface area contributed by atoms with Crippen molar-refractivity contribution in [2.75, 3.05) is 0 Å². The molecule has 3 nitrogen and oxygen atoms in total. The van der Waals surface area contributed by atoms with E-state index in [1.165, 1.54) is 12.1 Å². The highest BCUT2D eigenvalue weighted by Crippen LogP contribution is 2.22. The fourth-order valence-electron chi connectivity index (χ4n) is 1.94. The Morgan fingerprint density at radius 1 is 1.11 bits per heavy atom. The highest BCUT2D eigenvalue weighted by Gasteiger charge is 2.12. The summed E-state index contributed by atoms with van der Waals surface area (Å²) < 4.78 is 18.5. The van der Waals surface area contributed by atoms with E-state index in [9.17, 15) is 4.39 Å². The number of hydrogen-bond acceptors (Lipinski definition) is 2. The monoisotopic (exact) mass is 256 g/mol. The molecule has 0 fully saturated rings. The van der Waals surface area contributed by atoms with E-state index < -0.39 is 0 Å². The van der Waals surface area contributed by atoms with Crippen molar-refractivity contribution in [3.8, 4) is 5.75 Å². The molecular formula is C15H13FN2O. The first-order valence-corrected chi connectivity index (χ1v) is 6.09. The number of imidazole rings is 1. The van der Waals surface area contributed by atoms with Gasteiger partial charge in [-0.1, -0.05) is 12.1 Å². The van der Waals surface area contributed by atoms with Gasteiger partial charge in [-0.2, -0.15) is 0 Å². The Labute approximate surface area is 110 Å². The molecule has 0 aliphatic rings. The fourth-order valence-corrected chi connectivity index (χ4v) is 1.94. The van der Waals surface area contributed by atoms with Crippen LogP contribution in [0.2, 0.25) is 0 Å². The highest BCUT2D eigenvalue weighted by molar-refractivity contribution is 5.74. The number of rotatable bonds is 3. The van der Waals surface area contributed by atoms with E-state index in [1.807, 2.05) is 31.2 Å². The summed E-state index contributed by atoms with van der Waals surface area (Å²) in [7, 11) is 0. The molecule has 1 heterocycles. The second kappa shape index (κ2) is 4.72. The Balaban J connectivity index is 1.83. The van der Waals surface area contributed by atoms with E-state index in [1.54, 1.807) is 12.1 Å². The molecule has 4 heteroatoms. The third-order valence-electron chi connectivity index (χ3n) is 2.92. The van der Waals surface area contributed by atoms with Crippen molar-refractivity contribution >= 4 is 11.0 Å². The minimum Gasteiger partial charge on any atom is -0.483 e. The van der Waals surface area contributed by atoms with Gasteiger partial charge < -0.3 is 9.72 Å². The number of fused-ring (bicyclic) bond motifs is 1. The molecule has 19 heavy (non-hydrogen) atoms. The van der Waals surface area contributed by atoms with Crippen molar-refractivity contribution < 1.29 is 9.13 Å². The van der Waals surface area contributed by atoms with E-state index in [0.717, 1.165) is 16.9 Å². The molecule has 0 aliphatic heterocycles. The number of aromatic nitrogens is 2. The molecule has 1 aromatic heterocycles. The van der Waals surface area contributed by atoms with Gasteiger partial charge in [-0.05, 0) is 43.3 Å². The molecule has 3 aromatic rings. The van der Waals surface area contributed by atoms with Crippen molar-refractivity contribution in [3.63, 3.8) is 0 Å². The van der Waals surface area contributed by atoms with Crippen LogP contribution in [0.25, 0.3) is 11.0 Å². The molecule has 96 valence electrons. The molecule has 0 saturated heterocycles. The Bertz CT molecular complexity index is 658. The normalized spacial score (nSPS) is 12.5. The molecule has 0 radical (unpaired) electrons. The summed E-state index contributed by atoms with van der Waals surface area (Å²) in [5.41, 5.74) is 1.89. The van der Waals surface area contributed by atoms with E-state index in [-0.39, 0.29) is 11.9 Å². The molecular weight excluding hydrogens is 243 g/mol. The molecule has 2 aromatic carbocycles. The first-order valence-electron chi connectivity index (χ1n) is 6.09. The fraction of sp³-hybridized carbons (Fsp3) is 0.133. The number of nitrogens with zero attached hydrogens (tertiary/aromatic N) is 1. The molecule has 0 aliphatic carbocycles. The van der Waals surface area contributed by atoms with Crippen molar-refractivity contribution in [3.05, 3.63) is 60.2 Å². The van der Waals surface area contributed by atoms with Gasteiger partial charge in [0, 0.05) is 0 Å². The summed E-state index contributed by atoms with van der Waals surface area (Å²) in [4.78, 5) is 7.69. The lowest BCUT2D eigenvalue weighted by Crippen LogP contribution is -2.04. The van der Waals surface area contributed by atoms with Gasteiger partial charge in [-0.15, -0.1) is 0 Å². The molecule has 0 amide bonds. The summed E-state index contributed by atoms with van der Waals surface area (Å²) in [6.45, 7) is 1.90. The molecule has 0 saturated carbocycles. The lowest BCUT2D eigenvalue weighted by molar-refractivity contribution is 0.217. The van der Waals surface area contributed by atoms with Crippen LogP contribution in [-0.4, -0.2) is 9.97 Å². The van der Waals surface area contributed by atoms with Gasteiger partial charge in [-0.25, -0.2) is 9.37 Å². The predicted molar refractivity (Wildman–Crippen MR) is 71.5 cm³/mol. The lowest BCUT2D eigenvalue weighted by Gasteiger charge is -2.12. The summed E-state index contributed by atoms with van der Waals surface area (Å²) in [5.74, 6) is 1.10. The first kappa shape index (κ1) is 11.7. The highest BCUT2D eigenvalue weighted by atomic mass is 19.1. The largest absolute Gasteiger partial charge is 0.483 e. The number of benzene rings is 2. The topological polar surface area (TPSA) is 37.9 Å². The summed E-state index contributed by atoms with van der Waals surface area (Å²) in [5, 5.41) is 0. The maximum Gasteiger partial charge on any atom is 0.153 e. The van der Waals surface area contributed by atoms with Crippen LogP contribution >= 0.6 is 0 Å². The molecule has 1 atom stereocenters. The van der Waals surface area contributed by atoms with Crippen LogP contribution in [0.3, 0.4) is 0 Å². The zero-order valence-corrected chi connectivity index (χ0v) is 10.4. The minimum atomic E-state index is -0.274.